The Labute approximate surface area is 181 Å². The van der Waals surface area contributed by atoms with E-state index in [0.29, 0.717) is 18.5 Å². The number of thiazole rings is 1. The van der Waals surface area contributed by atoms with Crippen LogP contribution in [0.2, 0.25) is 0 Å². The largest absolute Gasteiger partial charge is 0.369 e. The maximum Gasteiger partial charge on any atom is 0.270 e. The molecule has 1 aromatic heterocycles. The number of primary amides is 1. The summed E-state index contributed by atoms with van der Waals surface area (Å²) in [5.41, 5.74) is 13.6. The molecular weight excluding hydrogens is 426 g/mol. The Morgan fingerprint density at radius 1 is 1.42 bits per heavy atom. The van der Waals surface area contributed by atoms with Gasteiger partial charge in [-0.05, 0) is 38.1 Å². The monoisotopic (exact) mass is 450 g/mol. The summed E-state index contributed by atoms with van der Waals surface area (Å²) in [6, 6.07) is 3.39. The Bertz CT molecular complexity index is 1050. The molecule has 1 aromatic carbocycles. The summed E-state index contributed by atoms with van der Waals surface area (Å²) in [6.07, 6.45) is 0.606. The van der Waals surface area contributed by atoms with E-state index in [0.717, 1.165) is 10.2 Å². The second kappa shape index (κ2) is 9.02. The van der Waals surface area contributed by atoms with Gasteiger partial charge in [-0.1, -0.05) is 0 Å². The fraction of sp³-hybridized carbons (Fsp3) is 0.421. The molecule has 31 heavy (non-hydrogen) atoms. The summed E-state index contributed by atoms with van der Waals surface area (Å²) < 4.78 is 29.5. The summed E-state index contributed by atoms with van der Waals surface area (Å²) in [6.45, 7) is 0. The molecule has 2 atom stereocenters. The van der Waals surface area contributed by atoms with E-state index in [2.05, 4.69) is 20.3 Å². The number of nitrogens with zero attached hydrogens (tertiary/aromatic N) is 4. The number of carbonyl (C=O) groups excluding carboxylic acids is 1. The van der Waals surface area contributed by atoms with Gasteiger partial charge in [-0.15, -0.1) is 11.3 Å². The fourth-order valence-electron chi connectivity index (χ4n) is 3.61. The predicted molar refractivity (Wildman–Crippen MR) is 118 cm³/mol. The maximum absolute atomic E-state index is 14.3. The van der Waals surface area contributed by atoms with Crippen LogP contribution in [0.5, 0.6) is 0 Å². The van der Waals surface area contributed by atoms with Crippen LogP contribution in [0, 0.1) is 5.41 Å². The number of aliphatic imine (C=N–C) groups is 2. The van der Waals surface area contributed by atoms with Gasteiger partial charge in [-0.3, -0.25) is 10.2 Å². The van der Waals surface area contributed by atoms with Crippen molar-refractivity contribution >= 4 is 50.7 Å². The van der Waals surface area contributed by atoms with Gasteiger partial charge in [-0.25, -0.2) is 18.8 Å². The van der Waals surface area contributed by atoms with Gasteiger partial charge in [-0.2, -0.15) is 4.99 Å². The number of hydrogen-bond donors (Lipinski definition) is 4. The van der Waals surface area contributed by atoms with Crippen LogP contribution in [0.15, 0.2) is 33.7 Å². The second-order valence-electron chi connectivity index (χ2n) is 7.25. The number of aromatic nitrogens is 1. The number of amidine groups is 1. The molecule has 12 heteroatoms. The van der Waals surface area contributed by atoms with Gasteiger partial charge in [0.25, 0.3) is 11.8 Å². The first-order valence-corrected chi connectivity index (χ1v) is 10.4. The lowest BCUT2D eigenvalue weighted by molar-refractivity contribution is -0.111. The number of nitrogens with one attached hydrogen (secondary N) is 2. The molecule has 1 aliphatic carbocycles. The van der Waals surface area contributed by atoms with Crippen LogP contribution in [0.25, 0.3) is 10.2 Å². The number of fused-ring (bicyclic) bond motifs is 1. The molecule has 1 heterocycles. The van der Waals surface area contributed by atoms with Gasteiger partial charge < -0.3 is 21.7 Å². The number of likely N-dealkylation sites (N-methyl/N-ethyl adjacent to an activating group) is 2. The van der Waals surface area contributed by atoms with Crippen LogP contribution in [0.3, 0.4) is 0 Å². The molecule has 0 saturated heterocycles. The molecule has 0 radical (unpaired) electrons. The minimum Gasteiger partial charge on any atom is -0.369 e. The van der Waals surface area contributed by atoms with E-state index in [9.17, 15) is 13.6 Å². The molecule has 0 bridgehead atoms. The molecule has 2 aromatic rings. The van der Waals surface area contributed by atoms with Crippen LogP contribution in [-0.2, 0) is 4.79 Å². The quantitative estimate of drug-likeness (QED) is 0.406. The van der Waals surface area contributed by atoms with E-state index in [4.69, 9.17) is 16.9 Å². The average Bonchev–Trinajstić information content (AvgIpc) is 3.19. The van der Waals surface area contributed by atoms with Gasteiger partial charge >= 0.3 is 0 Å². The first-order chi connectivity index (χ1) is 14.6. The molecule has 0 aliphatic heterocycles. The van der Waals surface area contributed by atoms with Crippen LogP contribution in [-0.4, -0.2) is 65.4 Å². The number of benzene rings is 1. The van der Waals surface area contributed by atoms with Crippen molar-refractivity contribution in [2.75, 3.05) is 14.1 Å². The van der Waals surface area contributed by atoms with Crippen LogP contribution >= 0.6 is 11.3 Å². The molecule has 1 aliphatic rings. The average molecular weight is 451 g/mol. The van der Waals surface area contributed by atoms with Crippen LogP contribution in [0.1, 0.15) is 19.3 Å². The van der Waals surface area contributed by atoms with E-state index < -0.39 is 29.6 Å². The number of nitrogens with two attached hydrogens (primary N) is 2. The number of alkyl halides is 2. The molecule has 6 N–H and O–H groups in total. The van der Waals surface area contributed by atoms with Gasteiger partial charge in [0, 0.05) is 13.5 Å². The van der Waals surface area contributed by atoms with E-state index in [1.165, 1.54) is 23.3 Å². The normalized spacial score (nSPS) is 21.8. The highest BCUT2D eigenvalue weighted by molar-refractivity contribution is 7.16. The van der Waals surface area contributed by atoms with Gasteiger partial charge in [0.2, 0.25) is 0 Å². The molecule has 1 fully saturated rings. The number of guanidine groups is 1. The third-order valence-electron chi connectivity index (χ3n) is 5.26. The van der Waals surface area contributed by atoms with E-state index in [-0.39, 0.29) is 18.2 Å². The highest BCUT2D eigenvalue weighted by Gasteiger charge is 2.47. The lowest BCUT2D eigenvalue weighted by Gasteiger charge is -2.42. The fourth-order valence-corrected chi connectivity index (χ4v) is 4.32. The van der Waals surface area contributed by atoms with Crippen molar-refractivity contribution in [1.29, 1.82) is 5.41 Å². The molecule has 1 amide bonds. The standard InChI is InChI=1S/C19H24F2N8OS/c1-25-15-12(4-3-7-19(15,20)21)29(2)18(24)28-17(14(22)16(23)30)27-10-5-6-11-13(8-10)31-9-26-11/h5-6,8-9,12,15,22,25H,3-4,7H2,1-2H3,(H2,23,30)(H2,24,27,28)/t12-,15-/m1/s1. The van der Waals surface area contributed by atoms with Crippen LogP contribution in [0.4, 0.5) is 14.5 Å². The Kier molecular flexibility index (Phi) is 6.60. The summed E-state index contributed by atoms with van der Waals surface area (Å²) >= 11 is 1.41. The second-order valence-corrected chi connectivity index (χ2v) is 8.13. The van der Waals surface area contributed by atoms with Crippen molar-refractivity contribution in [1.82, 2.24) is 15.2 Å². The SMILES string of the molecule is CN[C@@H]1[C@H](N(C)C(N)=NC(=Nc2ccc3ncsc3c2)C(=N)C(N)=O)CCCC1(F)F. The number of carbonyl (C=O) groups is 1. The number of halogens is 2. The first kappa shape index (κ1) is 22.7. The van der Waals surface area contributed by atoms with E-state index in [1.54, 1.807) is 30.8 Å². The summed E-state index contributed by atoms with van der Waals surface area (Å²) in [5, 5.41) is 10.6. The molecular formula is C19H24F2N8OS. The Hall–Kier alpha value is -2.99. The number of amides is 1. The first-order valence-electron chi connectivity index (χ1n) is 9.57. The van der Waals surface area contributed by atoms with Crippen molar-refractivity contribution in [3.8, 4) is 0 Å². The molecule has 9 nitrogen and oxygen atoms in total. The zero-order valence-electron chi connectivity index (χ0n) is 17.1. The molecule has 166 valence electrons. The molecule has 0 unspecified atom stereocenters. The van der Waals surface area contributed by atoms with Crippen molar-refractivity contribution in [3.05, 3.63) is 23.7 Å². The van der Waals surface area contributed by atoms with Gasteiger partial charge in [0.15, 0.2) is 17.5 Å². The Morgan fingerprint density at radius 3 is 2.84 bits per heavy atom. The van der Waals surface area contributed by atoms with Gasteiger partial charge in [0.05, 0.1) is 33.5 Å². The van der Waals surface area contributed by atoms with E-state index >= 15 is 0 Å². The molecule has 1 saturated carbocycles. The number of hydrogen-bond acceptors (Lipinski definition) is 6. The highest BCUT2D eigenvalue weighted by atomic mass is 32.1. The predicted octanol–water partition coefficient (Wildman–Crippen LogP) is 1.85. The van der Waals surface area contributed by atoms with Crippen LogP contribution < -0.4 is 16.8 Å². The minimum absolute atomic E-state index is 0.147. The minimum atomic E-state index is -2.90. The zero-order chi connectivity index (χ0) is 22.8. The van der Waals surface area contributed by atoms with Crippen molar-refractivity contribution in [2.45, 2.75) is 37.3 Å². The lowest BCUT2D eigenvalue weighted by Crippen LogP contribution is -2.61. The third kappa shape index (κ3) is 4.85. The summed E-state index contributed by atoms with van der Waals surface area (Å²) in [4.78, 5) is 25.6. The molecule has 0 spiro atoms. The molecule has 3 rings (SSSR count). The number of rotatable bonds is 5. The van der Waals surface area contributed by atoms with Crippen molar-refractivity contribution < 1.29 is 13.6 Å². The maximum atomic E-state index is 14.3. The summed E-state index contributed by atoms with van der Waals surface area (Å²) in [7, 11) is 3.02. The lowest BCUT2D eigenvalue weighted by atomic mass is 9.86. The van der Waals surface area contributed by atoms with E-state index in [1.807, 2.05) is 0 Å². The van der Waals surface area contributed by atoms with Crippen molar-refractivity contribution in [2.24, 2.45) is 21.5 Å². The Morgan fingerprint density at radius 2 is 2.16 bits per heavy atom. The zero-order valence-corrected chi connectivity index (χ0v) is 17.9. The smallest absolute Gasteiger partial charge is 0.270 e. The summed E-state index contributed by atoms with van der Waals surface area (Å²) in [5.74, 6) is -4.38. The highest BCUT2D eigenvalue weighted by Crippen LogP contribution is 2.35. The Balaban J connectivity index is 1.95. The third-order valence-corrected chi connectivity index (χ3v) is 6.05. The van der Waals surface area contributed by atoms with Crippen molar-refractivity contribution in [3.63, 3.8) is 0 Å². The van der Waals surface area contributed by atoms with Gasteiger partial charge in [0.1, 0.15) is 0 Å². The topological polar surface area (TPSA) is 146 Å².